The first-order valence-electron chi connectivity index (χ1n) is 7.36. The van der Waals surface area contributed by atoms with Gasteiger partial charge in [0.25, 0.3) is 0 Å². The van der Waals surface area contributed by atoms with Gasteiger partial charge in [0.05, 0.1) is 12.1 Å². The molecule has 1 fully saturated rings. The van der Waals surface area contributed by atoms with Crippen molar-refractivity contribution in [1.29, 1.82) is 5.26 Å². The second-order valence-electron chi connectivity index (χ2n) is 5.70. The van der Waals surface area contributed by atoms with Gasteiger partial charge in [-0.3, -0.25) is 9.69 Å². The number of piperidine rings is 1. The quantitative estimate of drug-likeness (QED) is 0.791. The van der Waals surface area contributed by atoms with Crippen molar-refractivity contribution in [3.05, 3.63) is 29.3 Å². The monoisotopic (exact) mass is 336 g/mol. The average molecular weight is 336 g/mol. The summed E-state index contributed by atoms with van der Waals surface area (Å²) in [4.78, 5) is 12.8. The summed E-state index contributed by atoms with van der Waals surface area (Å²) in [5.41, 5.74) is 5.96. The van der Waals surface area contributed by atoms with Gasteiger partial charge in [0.2, 0.25) is 15.9 Å². The molecule has 1 aliphatic heterocycles. The van der Waals surface area contributed by atoms with Gasteiger partial charge in [0.15, 0.2) is 0 Å². The fourth-order valence-corrected chi connectivity index (χ4v) is 4.25. The Bertz CT molecular complexity index is 732. The molecule has 0 radical (unpaired) electrons. The minimum atomic E-state index is -3.75. The van der Waals surface area contributed by atoms with Gasteiger partial charge in [-0.05, 0) is 31.4 Å². The summed E-state index contributed by atoms with van der Waals surface area (Å²) in [6.07, 6.45) is 1.19. The van der Waals surface area contributed by atoms with Gasteiger partial charge in [-0.15, -0.1) is 0 Å². The third-order valence-corrected chi connectivity index (χ3v) is 5.49. The highest BCUT2D eigenvalue weighted by atomic mass is 32.2. The largest absolute Gasteiger partial charge is 0.369 e. The number of hydrogen-bond donors (Lipinski definition) is 2. The highest BCUT2D eigenvalue weighted by molar-refractivity contribution is 7.89. The van der Waals surface area contributed by atoms with E-state index in [-0.39, 0.29) is 29.0 Å². The van der Waals surface area contributed by atoms with E-state index >= 15 is 0 Å². The molecule has 23 heavy (non-hydrogen) atoms. The molecule has 3 N–H and O–H groups in total. The van der Waals surface area contributed by atoms with Crippen LogP contribution in [-0.4, -0.2) is 44.9 Å². The van der Waals surface area contributed by atoms with E-state index in [0.29, 0.717) is 31.5 Å². The molecule has 1 saturated heterocycles. The number of aryl methyl sites for hydroxylation is 1. The number of likely N-dealkylation sites (tertiary alicyclic amines) is 1. The van der Waals surface area contributed by atoms with Crippen LogP contribution in [-0.2, 0) is 14.8 Å². The molecule has 0 saturated carbocycles. The lowest BCUT2D eigenvalue weighted by Crippen LogP contribution is -2.46. The summed E-state index contributed by atoms with van der Waals surface area (Å²) in [7, 11) is -3.75. The third kappa shape index (κ3) is 4.28. The number of rotatable bonds is 5. The molecule has 0 atom stereocenters. The summed E-state index contributed by atoms with van der Waals surface area (Å²) in [6, 6.07) is 6.52. The van der Waals surface area contributed by atoms with Gasteiger partial charge in [-0.25, -0.2) is 13.1 Å². The predicted molar refractivity (Wildman–Crippen MR) is 84.9 cm³/mol. The Labute approximate surface area is 136 Å². The van der Waals surface area contributed by atoms with Crippen LogP contribution in [0.15, 0.2) is 23.1 Å². The Morgan fingerprint density at radius 1 is 1.43 bits per heavy atom. The van der Waals surface area contributed by atoms with Crippen molar-refractivity contribution in [2.24, 2.45) is 5.73 Å². The number of carbonyl (C=O) groups excluding carboxylic acids is 1. The SMILES string of the molecule is Cc1cccc(S(=O)(=O)NC2CCN(CC(N)=O)CC2)c1C#N. The average Bonchev–Trinajstić information content (AvgIpc) is 2.48. The number of hydrogen-bond acceptors (Lipinski definition) is 5. The fraction of sp³-hybridized carbons (Fsp3) is 0.467. The second kappa shape index (κ2) is 7.08. The normalized spacial score (nSPS) is 16.9. The highest BCUT2D eigenvalue weighted by Gasteiger charge is 2.27. The molecule has 0 spiro atoms. The van der Waals surface area contributed by atoms with Crippen LogP contribution in [0, 0.1) is 18.3 Å². The number of nitrogens with one attached hydrogen (secondary N) is 1. The van der Waals surface area contributed by atoms with Crippen molar-refractivity contribution in [1.82, 2.24) is 9.62 Å². The first-order valence-corrected chi connectivity index (χ1v) is 8.84. The van der Waals surface area contributed by atoms with Gasteiger partial charge < -0.3 is 5.73 Å². The van der Waals surface area contributed by atoms with Crippen LogP contribution in [0.2, 0.25) is 0 Å². The van der Waals surface area contributed by atoms with Crippen LogP contribution in [0.25, 0.3) is 0 Å². The van der Waals surface area contributed by atoms with E-state index < -0.39 is 10.0 Å². The summed E-state index contributed by atoms with van der Waals surface area (Å²) in [5.74, 6) is -0.387. The van der Waals surface area contributed by atoms with Crippen LogP contribution in [0.3, 0.4) is 0 Å². The van der Waals surface area contributed by atoms with E-state index in [4.69, 9.17) is 5.73 Å². The zero-order chi connectivity index (χ0) is 17.0. The molecule has 2 rings (SSSR count). The highest BCUT2D eigenvalue weighted by Crippen LogP contribution is 2.20. The van der Waals surface area contributed by atoms with E-state index in [1.165, 1.54) is 6.07 Å². The Hall–Kier alpha value is -1.95. The number of nitrogens with two attached hydrogens (primary N) is 1. The first kappa shape index (κ1) is 17.4. The van der Waals surface area contributed by atoms with E-state index in [1.807, 2.05) is 11.0 Å². The van der Waals surface area contributed by atoms with Crippen LogP contribution < -0.4 is 10.5 Å². The third-order valence-electron chi connectivity index (χ3n) is 3.92. The summed E-state index contributed by atoms with van der Waals surface area (Å²) < 4.78 is 27.7. The predicted octanol–water partition coefficient (Wildman–Crippen LogP) is 0.0947. The molecule has 0 bridgehead atoms. The summed E-state index contributed by atoms with van der Waals surface area (Å²) in [5, 5.41) is 9.19. The molecule has 1 aliphatic rings. The van der Waals surface area contributed by atoms with Crippen LogP contribution in [0.1, 0.15) is 24.0 Å². The maximum atomic E-state index is 12.5. The number of benzene rings is 1. The van der Waals surface area contributed by atoms with Gasteiger partial charge in [-0.2, -0.15) is 5.26 Å². The lowest BCUT2D eigenvalue weighted by molar-refractivity contribution is -0.119. The standard InChI is InChI=1S/C15H20N4O3S/c1-11-3-2-4-14(13(11)9-16)23(21,22)18-12-5-7-19(8-6-12)10-15(17)20/h2-4,12,18H,5-8,10H2,1H3,(H2,17,20). The fourth-order valence-electron chi connectivity index (χ4n) is 2.72. The van der Waals surface area contributed by atoms with Crippen molar-refractivity contribution in [2.45, 2.75) is 30.7 Å². The Morgan fingerprint density at radius 3 is 2.65 bits per heavy atom. The van der Waals surface area contributed by atoms with Crippen molar-refractivity contribution >= 4 is 15.9 Å². The zero-order valence-corrected chi connectivity index (χ0v) is 13.8. The van der Waals surface area contributed by atoms with Crippen molar-refractivity contribution in [3.8, 4) is 6.07 Å². The Kier molecular flexibility index (Phi) is 5.36. The van der Waals surface area contributed by atoms with E-state index in [0.717, 1.165) is 0 Å². The molecule has 1 aromatic rings. The molecule has 0 unspecified atom stereocenters. The maximum Gasteiger partial charge on any atom is 0.242 e. The second-order valence-corrected chi connectivity index (χ2v) is 7.38. The Morgan fingerprint density at radius 2 is 2.09 bits per heavy atom. The number of nitrogens with zero attached hydrogens (tertiary/aromatic N) is 2. The summed E-state index contributed by atoms with van der Waals surface area (Å²) >= 11 is 0. The molecular weight excluding hydrogens is 316 g/mol. The lowest BCUT2D eigenvalue weighted by Gasteiger charge is -2.31. The van der Waals surface area contributed by atoms with Gasteiger partial charge >= 0.3 is 0 Å². The topological polar surface area (TPSA) is 116 Å². The minimum absolute atomic E-state index is 0.0135. The number of nitriles is 1. The maximum absolute atomic E-state index is 12.5. The van der Waals surface area contributed by atoms with Crippen LogP contribution in [0.4, 0.5) is 0 Å². The number of carbonyl (C=O) groups is 1. The van der Waals surface area contributed by atoms with E-state index in [2.05, 4.69) is 4.72 Å². The van der Waals surface area contributed by atoms with E-state index in [1.54, 1.807) is 19.1 Å². The van der Waals surface area contributed by atoms with Gasteiger partial charge in [-0.1, -0.05) is 12.1 Å². The molecular formula is C15H20N4O3S. The van der Waals surface area contributed by atoms with Crippen LogP contribution in [0.5, 0.6) is 0 Å². The smallest absolute Gasteiger partial charge is 0.242 e. The zero-order valence-electron chi connectivity index (χ0n) is 12.9. The molecule has 124 valence electrons. The Balaban J connectivity index is 2.08. The molecule has 1 aromatic carbocycles. The first-order chi connectivity index (χ1) is 10.8. The van der Waals surface area contributed by atoms with Crippen molar-refractivity contribution in [3.63, 3.8) is 0 Å². The molecule has 0 aromatic heterocycles. The number of sulfonamides is 1. The minimum Gasteiger partial charge on any atom is -0.369 e. The number of amides is 1. The van der Waals surface area contributed by atoms with Crippen LogP contribution >= 0.6 is 0 Å². The molecule has 0 aliphatic carbocycles. The van der Waals surface area contributed by atoms with Gasteiger partial charge in [0.1, 0.15) is 11.0 Å². The lowest BCUT2D eigenvalue weighted by atomic mass is 10.1. The molecule has 8 heteroatoms. The number of primary amides is 1. The summed E-state index contributed by atoms with van der Waals surface area (Å²) in [6.45, 7) is 3.11. The van der Waals surface area contributed by atoms with Crippen molar-refractivity contribution < 1.29 is 13.2 Å². The molecule has 1 heterocycles. The van der Waals surface area contributed by atoms with Gasteiger partial charge in [0, 0.05) is 19.1 Å². The van der Waals surface area contributed by atoms with E-state index in [9.17, 15) is 18.5 Å². The molecule has 1 amide bonds. The van der Waals surface area contributed by atoms with Crippen molar-refractivity contribution in [2.75, 3.05) is 19.6 Å². The molecule has 7 nitrogen and oxygen atoms in total.